The molecular formula is C13H13ClN4O2S. The van der Waals surface area contributed by atoms with Gasteiger partial charge in [-0.2, -0.15) is 0 Å². The summed E-state index contributed by atoms with van der Waals surface area (Å²) in [5.74, 6) is 1.08. The third-order valence-corrected chi connectivity index (χ3v) is 4.29. The second-order valence-electron chi connectivity index (χ2n) is 4.43. The molecule has 1 aliphatic rings. The fraction of sp³-hybridized carbons (Fsp3) is 0.308. The van der Waals surface area contributed by atoms with Gasteiger partial charge in [0.1, 0.15) is 5.15 Å². The highest BCUT2D eigenvalue weighted by Gasteiger charge is 2.26. The number of esters is 1. The van der Waals surface area contributed by atoms with E-state index >= 15 is 0 Å². The average molecular weight is 325 g/mol. The molecule has 0 saturated carbocycles. The molecule has 21 heavy (non-hydrogen) atoms. The summed E-state index contributed by atoms with van der Waals surface area (Å²) < 4.78 is 6.74. The molecule has 0 bridgehead atoms. The van der Waals surface area contributed by atoms with E-state index in [0.29, 0.717) is 23.2 Å². The fourth-order valence-electron chi connectivity index (χ4n) is 2.10. The first-order valence-corrected chi connectivity index (χ1v) is 7.71. The first kappa shape index (κ1) is 14.2. The van der Waals surface area contributed by atoms with Gasteiger partial charge < -0.3 is 14.6 Å². The Labute approximate surface area is 130 Å². The van der Waals surface area contributed by atoms with Crippen molar-refractivity contribution in [3.63, 3.8) is 0 Å². The number of nitrogens with zero attached hydrogens (tertiary/aromatic N) is 3. The summed E-state index contributed by atoms with van der Waals surface area (Å²) in [7, 11) is 1.37. The van der Waals surface area contributed by atoms with Crippen molar-refractivity contribution < 1.29 is 9.53 Å². The van der Waals surface area contributed by atoms with Crippen molar-refractivity contribution in [2.45, 2.75) is 18.2 Å². The van der Waals surface area contributed by atoms with Gasteiger partial charge in [0.25, 0.3) is 0 Å². The Morgan fingerprint density at radius 3 is 3.14 bits per heavy atom. The zero-order chi connectivity index (χ0) is 14.8. The van der Waals surface area contributed by atoms with Gasteiger partial charge in [-0.15, -0.1) is 0 Å². The van der Waals surface area contributed by atoms with Crippen LogP contribution in [0.1, 0.15) is 16.1 Å². The Balaban J connectivity index is 1.82. The predicted octanol–water partition coefficient (Wildman–Crippen LogP) is 2.44. The number of halogens is 1. The summed E-state index contributed by atoms with van der Waals surface area (Å²) in [4.78, 5) is 20.4. The van der Waals surface area contributed by atoms with Gasteiger partial charge in [-0.3, -0.25) is 0 Å². The molecule has 3 rings (SSSR count). The fourth-order valence-corrected chi connectivity index (χ4v) is 3.16. The van der Waals surface area contributed by atoms with Crippen LogP contribution in [0, 0.1) is 0 Å². The topological polar surface area (TPSA) is 69.0 Å². The van der Waals surface area contributed by atoms with E-state index in [4.69, 9.17) is 16.3 Å². The molecule has 6 nitrogen and oxygen atoms in total. The van der Waals surface area contributed by atoms with Gasteiger partial charge in [-0.05, 0) is 11.6 Å². The number of hydrogen-bond acceptors (Lipinski definition) is 6. The highest BCUT2D eigenvalue weighted by atomic mass is 35.5. The summed E-state index contributed by atoms with van der Waals surface area (Å²) in [6.07, 6.45) is 1.69. The van der Waals surface area contributed by atoms with E-state index in [1.165, 1.54) is 7.11 Å². The Hall–Kier alpha value is -1.73. The Morgan fingerprint density at radius 2 is 2.43 bits per heavy atom. The summed E-state index contributed by atoms with van der Waals surface area (Å²) >= 11 is 7.38. The van der Waals surface area contributed by atoms with Crippen LogP contribution in [0.4, 0.5) is 5.82 Å². The van der Waals surface area contributed by atoms with Crippen LogP contribution in [-0.2, 0) is 17.8 Å². The van der Waals surface area contributed by atoms with Crippen LogP contribution in [0.5, 0.6) is 0 Å². The molecule has 3 heterocycles. The van der Waals surface area contributed by atoms with E-state index in [1.54, 1.807) is 24.0 Å². The largest absolute Gasteiger partial charge is 0.464 e. The molecule has 2 aromatic rings. The molecule has 0 amide bonds. The number of fused-ring (bicyclic) bond motifs is 1. The minimum absolute atomic E-state index is 0.381. The van der Waals surface area contributed by atoms with Crippen molar-refractivity contribution in [2.75, 3.05) is 18.2 Å². The molecule has 0 unspecified atom stereocenters. The molecule has 2 aromatic heterocycles. The lowest BCUT2D eigenvalue weighted by molar-refractivity contribution is 0.0589. The van der Waals surface area contributed by atoms with Crippen molar-refractivity contribution in [1.29, 1.82) is 0 Å². The molecule has 0 atom stereocenters. The maximum Gasteiger partial charge on any atom is 0.358 e. The number of rotatable bonds is 4. The number of carbonyl (C=O) groups excluding carboxylic acids is 1. The number of pyridine rings is 1. The number of anilines is 1. The molecule has 0 aliphatic carbocycles. The summed E-state index contributed by atoms with van der Waals surface area (Å²) in [6, 6.07) is 3.60. The molecule has 0 aromatic carbocycles. The van der Waals surface area contributed by atoms with E-state index in [9.17, 15) is 4.79 Å². The van der Waals surface area contributed by atoms with Gasteiger partial charge in [0.15, 0.2) is 16.7 Å². The minimum Gasteiger partial charge on any atom is -0.464 e. The van der Waals surface area contributed by atoms with Gasteiger partial charge in [0.2, 0.25) is 0 Å². The molecule has 0 radical (unpaired) electrons. The maximum atomic E-state index is 11.9. The molecule has 1 aliphatic heterocycles. The van der Waals surface area contributed by atoms with Crippen molar-refractivity contribution >= 4 is 35.1 Å². The molecule has 0 saturated heterocycles. The van der Waals surface area contributed by atoms with Crippen LogP contribution in [0.15, 0.2) is 23.5 Å². The van der Waals surface area contributed by atoms with E-state index < -0.39 is 0 Å². The number of carbonyl (C=O) groups is 1. The molecule has 8 heteroatoms. The third-order valence-electron chi connectivity index (χ3n) is 3.11. The van der Waals surface area contributed by atoms with Crippen LogP contribution in [-0.4, -0.2) is 33.4 Å². The first-order chi connectivity index (χ1) is 10.2. The van der Waals surface area contributed by atoms with Gasteiger partial charge >= 0.3 is 5.97 Å². The number of hydrogen-bond donors (Lipinski definition) is 1. The SMILES string of the molecule is COC(=O)c1c(NCc2ccc(Cl)nc2)nc2n1CCS2. The number of nitrogens with one attached hydrogen (secondary N) is 1. The summed E-state index contributed by atoms with van der Waals surface area (Å²) in [5.41, 5.74) is 1.43. The second-order valence-corrected chi connectivity index (χ2v) is 5.88. The van der Waals surface area contributed by atoms with Crippen LogP contribution < -0.4 is 5.32 Å². The van der Waals surface area contributed by atoms with Gasteiger partial charge in [-0.25, -0.2) is 14.8 Å². The van der Waals surface area contributed by atoms with E-state index in [-0.39, 0.29) is 5.97 Å². The van der Waals surface area contributed by atoms with Crippen molar-refractivity contribution in [2.24, 2.45) is 0 Å². The van der Waals surface area contributed by atoms with Crippen molar-refractivity contribution in [1.82, 2.24) is 14.5 Å². The maximum absolute atomic E-state index is 11.9. The zero-order valence-electron chi connectivity index (χ0n) is 11.3. The highest BCUT2D eigenvalue weighted by molar-refractivity contribution is 7.99. The number of ether oxygens (including phenoxy) is 1. The van der Waals surface area contributed by atoms with E-state index in [0.717, 1.165) is 23.0 Å². The molecule has 0 spiro atoms. The average Bonchev–Trinajstić information content (AvgIpc) is 3.06. The van der Waals surface area contributed by atoms with Gasteiger partial charge in [0.05, 0.1) is 7.11 Å². The van der Waals surface area contributed by atoms with Crippen LogP contribution in [0.3, 0.4) is 0 Å². The third kappa shape index (κ3) is 2.84. The quantitative estimate of drug-likeness (QED) is 0.688. The lowest BCUT2D eigenvalue weighted by Gasteiger charge is -2.07. The molecule has 110 valence electrons. The van der Waals surface area contributed by atoms with E-state index in [2.05, 4.69) is 15.3 Å². The van der Waals surface area contributed by atoms with Gasteiger partial charge in [-0.1, -0.05) is 29.4 Å². The Kier molecular flexibility index (Phi) is 4.03. The van der Waals surface area contributed by atoms with Crippen molar-refractivity contribution in [3.05, 3.63) is 34.7 Å². The molecule has 0 fully saturated rings. The van der Waals surface area contributed by atoms with Crippen LogP contribution in [0.2, 0.25) is 5.15 Å². The predicted molar refractivity (Wildman–Crippen MR) is 80.9 cm³/mol. The number of methoxy groups -OCH3 is 1. The van der Waals surface area contributed by atoms with Crippen molar-refractivity contribution in [3.8, 4) is 0 Å². The Morgan fingerprint density at radius 1 is 1.57 bits per heavy atom. The second kappa shape index (κ2) is 5.95. The van der Waals surface area contributed by atoms with Crippen LogP contribution >= 0.6 is 23.4 Å². The molecular weight excluding hydrogens is 312 g/mol. The number of thioether (sulfide) groups is 1. The highest BCUT2D eigenvalue weighted by Crippen LogP contribution is 2.31. The van der Waals surface area contributed by atoms with E-state index in [1.807, 2.05) is 10.6 Å². The zero-order valence-corrected chi connectivity index (χ0v) is 12.9. The standard InChI is InChI=1S/C13H13ClN4O2S/c1-20-12(19)10-11(17-13-18(10)4-5-21-13)16-7-8-2-3-9(14)15-6-8/h2-3,6,16H,4-5,7H2,1H3. The first-order valence-electron chi connectivity index (χ1n) is 6.35. The van der Waals surface area contributed by atoms with Gasteiger partial charge in [0, 0.05) is 25.0 Å². The summed E-state index contributed by atoms with van der Waals surface area (Å²) in [6.45, 7) is 1.27. The normalized spacial score (nSPS) is 13.0. The number of imidazole rings is 1. The minimum atomic E-state index is -0.381. The monoisotopic (exact) mass is 324 g/mol. The number of aromatic nitrogens is 3. The lowest BCUT2D eigenvalue weighted by Crippen LogP contribution is -2.13. The smallest absolute Gasteiger partial charge is 0.358 e. The Bertz CT molecular complexity index is 672. The molecule has 1 N–H and O–H groups in total. The summed E-state index contributed by atoms with van der Waals surface area (Å²) in [5, 5.41) is 4.45. The van der Waals surface area contributed by atoms with Crippen LogP contribution in [0.25, 0.3) is 0 Å². The lowest BCUT2D eigenvalue weighted by atomic mass is 10.3.